The monoisotopic (exact) mass is 415 g/mol. The highest BCUT2D eigenvalue weighted by Crippen LogP contribution is 2.39. The molecule has 0 aliphatic carbocycles. The molecule has 1 aromatic carbocycles. The molecule has 1 fully saturated rings. The molecule has 1 aliphatic rings. The van der Waals surface area contributed by atoms with Gasteiger partial charge in [-0.25, -0.2) is 0 Å². The van der Waals surface area contributed by atoms with Crippen molar-refractivity contribution in [1.82, 2.24) is 13.9 Å². The zero-order valence-electron chi connectivity index (χ0n) is 17.0. The molecule has 1 aliphatic heterocycles. The number of carbonyl (C=O) groups is 1. The van der Waals surface area contributed by atoms with Crippen molar-refractivity contribution in [2.24, 2.45) is 5.92 Å². The van der Waals surface area contributed by atoms with E-state index in [9.17, 15) is 13.2 Å². The van der Waals surface area contributed by atoms with E-state index in [4.69, 9.17) is 14.2 Å². The fourth-order valence-corrected chi connectivity index (χ4v) is 4.42. The van der Waals surface area contributed by atoms with Gasteiger partial charge in [-0.1, -0.05) is 0 Å². The zero-order chi connectivity index (χ0) is 20.9. The molecule has 158 valence electrons. The molecule has 1 N–H and O–H groups in total. The second-order valence-electron chi connectivity index (χ2n) is 6.70. The van der Waals surface area contributed by atoms with Crippen LogP contribution in [0.15, 0.2) is 12.1 Å². The van der Waals surface area contributed by atoms with Crippen LogP contribution in [0.5, 0.6) is 17.2 Å². The Balaban J connectivity index is 2.08. The summed E-state index contributed by atoms with van der Waals surface area (Å²) < 4.78 is 43.2. The number of amides is 1. The fourth-order valence-electron chi connectivity index (χ4n) is 3.23. The van der Waals surface area contributed by atoms with Crippen molar-refractivity contribution in [1.29, 1.82) is 0 Å². The van der Waals surface area contributed by atoms with Crippen molar-refractivity contribution in [2.45, 2.75) is 19.4 Å². The van der Waals surface area contributed by atoms with Crippen molar-refractivity contribution in [3.05, 3.63) is 17.7 Å². The number of ether oxygens (including phenoxy) is 3. The topological polar surface area (TPSA) is 97.4 Å². The number of piperidine rings is 1. The third-order valence-electron chi connectivity index (χ3n) is 4.78. The molecule has 0 unspecified atom stereocenters. The highest BCUT2D eigenvalue weighted by atomic mass is 32.2. The average molecular weight is 416 g/mol. The molecular weight excluding hydrogens is 386 g/mol. The van der Waals surface area contributed by atoms with Crippen molar-refractivity contribution in [3.63, 3.8) is 0 Å². The molecule has 1 amide bonds. The molecule has 1 saturated heterocycles. The van der Waals surface area contributed by atoms with Gasteiger partial charge in [-0.15, -0.1) is 0 Å². The second kappa shape index (κ2) is 9.44. The van der Waals surface area contributed by atoms with E-state index in [0.717, 1.165) is 5.56 Å². The minimum Gasteiger partial charge on any atom is -0.493 e. The van der Waals surface area contributed by atoms with E-state index < -0.39 is 16.1 Å². The molecule has 28 heavy (non-hydrogen) atoms. The van der Waals surface area contributed by atoms with Crippen LogP contribution in [0.4, 0.5) is 0 Å². The van der Waals surface area contributed by atoms with E-state index in [2.05, 4.69) is 5.32 Å². The molecule has 1 aromatic rings. The Bertz CT molecular complexity index is 797. The normalized spacial score (nSPS) is 18.0. The Morgan fingerprint density at radius 1 is 1.18 bits per heavy atom. The molecule has 1 atom stereocenters. The molecular formula is C18H29N3O6S. The molecule has 0 bridgehead atoms. The molecule has 1 heterocycles. The van der Waals surface area contributed by atoms with Crippen LogP contribution in [0.2, 0.25) is 0 Å². The van der Waals surface area contributed by atoms with E-state index in [-0.39, 0.29) is 19.0 Å². The molecule has 2 rings (SSSR count). The maximum absolute atomic E-state index is 12.6. The largest absolute Gasteiger partial charge is 0.493 e. The van der Waals surface area contributed by atoms with Gasteiger partial charge in [0, 0.05) is 39.3 Å². The van der Waals surface area contributed by atoms with Gasteiger partial charge in [-0.2, -0.15) is 17.0 Å². The quantitative estimate of drug-likeness (QED) is 0.676. The lowest BCUT2D eigenvalue weighted by molar-refractivity contribution is -0.126. The number of hydrogen-bond acceptors (Lipinski definition) is 6. The predicted molar refractivity (Wildman–Crippen MR) is 105 cm³/mol. The molecule has 0 aromatic heterocycles. The molecule has 0 saturated carbocycles. The maximum Gasteiger partial charge on any atom is 0.281 e. The van der Waals surface area contributed by atoms with Gasteiger partial charge in [-0.05, 0) is 25.0 Å². The summed E-state index contributed by atoms with van der Waals surface area (Å²) in [7, 11) is 4.03. The molecule has 0 spiro atoms. The number of carbonyl (C=O) groups excluding carboxylic acids is 1. The Morgan fingerprint density at radius 3 is 2.43 bits per heavy atom. The number of benzene rings is 1. The average Bonchev–Trinajstić information content (AvgIpc) is 2.70. The van der Waals surface area contributed by atoms with E-state index in [1.807, 2.05) is 0 Å². The standard InChI is InChI=1S/C18H29N3O6S/c1-20(2)28(23,24)21-10-6-7-14(12-21)18(22)19-11-13-8-9-15(25-3)17(27-5)16(13)26-4/h8-9,14H,6-7,10-12H2,1-5H3,(H,19,22)/t14-/m1/s1. The Morgan fingerprint density at radius 2 is 1.86 bits per heavy atom. The summed E-state index contributed by atoms with van der Waals surface area (Å²) in [6, 6.07) is 3.54. The van der Waals surface area contributed by atoms with Crippen molar-refractivity contribution < 1.29 is 27.4 Å². The third kappa shape index (κ3) is 4.68. The van der Waals surface area contributed by atoms with E-state index in [1.165, 1.54) is 44.0 Å². The van der Waals surface area contributed by atoms with Gasteiger partial charge in [0.2, 0.25) is 11.7 Å². The smallest absolute Gasteiger partial charge is 0.281 e. The first kappa shape index (κ1) is 22.3. The van der Waals surface area contributed by atoms with Crippen LogP contribution in [-0.2, 0) is 21.5 Å². The minimum atomic E-state index is -3.52. The van der Waals surface area contributed by atoms with Crippen LogP contribution in [0.25, 0.3) is 0 Å². The van der Waals surface area contributed by atoms with Crippen molar-refractivity contribution >= 4 is 16.1 Å². The highest BCUT2D eigenvalue weighted by Gasteiger charge is 2.33. The van der Waals surface area contributed by atoms with Gasteiger partial charge in [0.25, 0.3) is 10.2 Å². The lowest BCUT2D eigenvalue weighted by Crippen LogP contribution is -2.48. The van der Waals surface area contributed by atoms with E-state index >= 15 is 0 Å². The van der Waals surface area contributed by atoms with E-state index in [1.54, 1.807) is 12.1 Å². The van der Waals surface area contributed by atoms with Gasteiger partial charge >= 0.3 is 0 Å². The van der Waals surface area contributed by atoms with Crippen molar-refractivity contribution in [3.8, 4) is 17.2 Å². The molecule has 9 nitrogen and oxygen atoms in total. The summed E-state index contributed by atoms with van der Waals surface area (Å²) in [5.41, 5.74) is 0.738. The first-order valence-corrected chi connectivity index (χ1v) is 10.4. The highest BCUT2D eigenvalue weighted by molar-refractivity contribution is 7.86. The fraction of sp³-hybridized carbons (Fsp3) is 0.611. The van der Waals surface area contributed by atoms with Gasteiger partial charge in [0.05, 0.1) is 27.2 Å². The lowest BCUT2D eigenvalue weighted by atomic mass is 9.98. The van der Waals surface area contributed by atoms with Crippen LogP contribution < -0.4 is 19.5 Å². The summed E-state index contributed by atoms with van der Waals surface area (Å²) in [5, 5.41) is 2.88. The third-order valence-corrected chi connectivity index (χ3v) is 6.69. The van der Waals surface area contributed by atoms with Crippen molar-refractivity contribution in [2.75, 3.05) is 48.5 Å². The number of methoxy groups -OCH3 is 3. The summed E-state index contributed by atoms with van der Waals surface area (Å²) >= 11 is 0. The van der Waals surface area contributed by atoms with Crippen LogP contribution >= 0.6 is 0 Å². The summed E-state index contributed by atoms with van der Waals surface area (Å²) in [5.74, 6) is 0.900. The van der Waals surface area contributed by atoms with Gasteiger partial charge in [0.15, 0.2) is 11.5 Å². The second-order valence-corrected chi connectivity index (χ2v) is 8.84. The SMILES string of the molecule is COc1ccc(CNC(=O)[C@@H]2CCCN(S(=O)(=O)N(C)C)C2)c(OC)c1OC. The Hall–Kier alpha value is -2.04. The van der Waals surface area contributed by atoms with Gasteiger partial charge < -0.3 is 19.5 Å². The zero-order valence-corrected chi connectivity index (χ0v) is 17.8. The maximum atomic E-state index is 12.6. The number of nitrogens with zero attached hydrogens (tertiary/aromatic N) is 2. The summed E-state index contributed by atoms with van der Waals surface area (Å²) in [6.07, 6.45) is 1.29. The van der Waals surface area contributed by atoms with Crippen LogP contribution in [0.1, 0.15) is 18.4 Å². The first-order chi connectivity index (χ1) is 13.3. The van der Waals surface area contributed by atoms with Crippen LogP contribution in [0.3, 0.4) is 0 Å². The number of rotatable bonds is 8. The molecule has 0 radical (unpaired) electrons. The van der Waals surface area contributed by atoms with Gasteiger partial charge in [-0.3, -0.25) is 4.79 Å². The Labute approximate surface area is 166 Å². The predicted octanol–water partition coefficient (Wildman–Crippen LogP) is 0.847. The first-order valence-electron chi connectivity index (χ1n) is 8.99. The minimum absolute atomic E-state index is 0.176. The summed E-state index contributed by atoms with van der Waals surface area (Å²) in [6.45, 7) is 0.836. The van der Waals surface area contributed by atoms with Gasteiger partial charge in [0.1, 0.15) is 0 Å². The van der Waals surface area contributed by atoms with Crippen LogP contribution in [-0.4, -0.2) is 71.4 Å². The van der Waals surface area contributed by atoms with Crippen LogP contribution in [0, 0.1) is 5.92 Å². The lowest BCUT2D eigenvalue weighted by Gasteiger charge is -2.32. The van der Waals surface area contributed by atoms with E-state index in [0.29, 0.717) is 36.6 Å². The number of hydrogen-bond donors (Lipinski definition) is 1. The number of nitrogens with one attached hydrogen (secondary N) is 1. The molecule has 10 heteroatoms. The Kier molecular flexibility index (Phi) is 7.50. The summed E-state index contributed by atoms with van der Waals surface area (Å²) in [4.78, 5) is 12.6.